The summed E-state index contributed by atoms with van der Waals surface area (Å²) in [6.07, 6.45) is -3.40. The van der Waals surface area contributed by atoms with E-state index in [9.17, 15) is 18.0 Å². The van der Waals surface area contributed by atoms with Gasteiger partial charge in [0, 0.05) is 37.6 Å². The van der Waals surface area contributed by atoms with E-state index in [0.717, 1.165) is 17.8 Å². The summed E-state index contributed by atoms with van der Waals surface area (Å²) in [5, 5.41) is 7.87. The number of piperidine rings is 1. The van der Waals surface area contributed by atoms with E-state index in [2.05, 4.69) is 10.2 Å². The van der Waals surface area contributed by atoms with Crippen molar-refractivity contribution < 1.29 is 22.7 Å². The lowest BCUT2D eigenvalue weighted by molar-refractivity contribution is -0.137. The van der Waals surface area contributed by atoms with Crippen LogP contribution in [0.15, 0.2) is 36.4 Å². The SMILES string of the molecule is Cc1ccc(OC2CCN(C(=O)c3cccc(C(F)(F)F)c3)CC2)nn1. The van der Waals surface area contributed by atoms with Gasteiger partial charge in [-0.15, -0.1) is 5.10 Å². The van der Waals surface area contributed by atoms with Gasteiger partial charge in [-0.2, -0.15) is 18.3 Å². The van der Waals surface area contributed by atoms with Gasteiger partial charge in [0.25, 0.3) is 5.91 Å². The molecule has 26 heavy (non-hydrogen) atoms. The van der Waals surface area contributed by atoms with Gasteiger partial charge in [0.05, 0.1) is 11.3 Å². The number of aromatic nitrogens is 2. The molecule has 0 N–H and O–H groups in total. The summed E-state index contributed by atoms with van der Waals surface area (Å²) in [5.74, 6) is 0.0305. The van der Waals surface area contributed by atoms with Gasteiger partial charge in [0.15, 0.2) is 0 Å². The molecule has 0 bridgehead atoms. The van der Waals surface area contributed by atoms with Crippen molar-refractivity contribution >= 4 is 5.91 Å². The van der Waals surface area contributed by atoms with Crippen molar-refractivity contribution in [3.63, 3.8) is 0 Å². The predicted molar refractivity (Wildman–Crippen MR) is 87.8 cm³/mol. The first-order valence-corrected chi connectivity index (χ1v) is 8.26. The first-order chi connectivity index (χ1) is 12.3. The first-order valence-electron chi connectivity index (χ1n) is 8.26. The highest BCUT2D eigenvalue weighted by atomic mass is 19.4. The smallest absolute Gasteiger partial charge is 0.416 e. The van der Waals surface area contributed by atoms with Gasteiger partial charge < -0.3 is 9.64 Å². The van der Waals surface area contributed by atoms with Crippen LogP contribution in [0.2, 0.25) is 0 Å². The Morgan fingerprint density at radius 3 is 2.50 bits per heavy atom. The lowest BCUT2D eigenvalue weighted by Crippen LogP contribution is -2.41. The Morgan fingerprint density at radius 2 is 1.88 bits per heavy atom. The molecule has 0 saturated carbocycles. The number of likely N-dealkylation sites (tertiary alicyclic amines) is 1. The maximum absolute atomic E-state index is 12.8. The average Bonchev–Trinajstić information content (AvgIpc) is 2.63. The fourth-order valence-electron chi connectivity index (χ4n) is 2.81. The highest BCUT2D eigenvalue weighted by Gasteiger charge is 2.32. The highest BCUT2D eigenvalue weighted by Crippen LogP contribution is 2.30. The standard InChI is InChI=1S/C18H18F3N3O2/c1-12-5-6-16(23-22-12)26-15-7-9-24(10-8-15)17(25)13-3-2-4-14(11-13)18(19,20)21/h2-6,11,15H,7-10H2,1H3. The zero-order chi connectivity index (χ0) is 18.7. The van der Waals surface area contributed by atoms with Crippen LogP contribution in [-0.2, 0) is 6.18 Å². The molecule has 1 aromatic carbocycles. The molecule has 1 fully saturated rings. The summed E-state index contributed by atoms with van der Waals surface area (Å²) < 4.78 is 44.2. The quantitative estimate of drug-likeness (QED) is 0.836. The number of amides is 1. The van der Waals surface area contributed by atoms with Gasteiger partial charge >= 0.3 is 6.18 Å². The lowest BCUT2D eigenvalue weighted by Gasteiger charge is -2.32. The fourth-order valence-corrected chi connectivity index (χ4v) is 2.81. The molecule has 3 rings (SSSR count). The minimum atomic E-state index is -4.47. The molecule has 0 spiro atoms. The summed E-state index contributed by atoms with van der Waals surface area (Å²) in [6, 6.07) is 8.05. The number of benzene rings is 1. The van der Waals surface area contributed by atoms with Crippen LogP contribution in [0.3, 0.4) is 0 Å². The lowest BCUT2D eigenvalue weighted by atomic mass is 10.0. The summed E-state index contributed by atoms with van der Waals surface area (Å²) in [4.78, 5) is 14.0. The third kappa shape index (κ3) is 4.30. The Kier molecular flexibility index (Phi) is 5.11. The molecule has 0 aliphatic carbocycles. The second kappa shape index (κ2) is 7.31. The van der Waals surface area contributed by atoms with E-state index < -0.39 is 17.6 Å². The maximum Gasteiger partial charge on any atom is 0.416 e. The number of alkyl halides is 3. The monoisotopic (exact) mass is 365 g/mol. The van der Waals surface area contributed by atoms with Gasteiger partial charge in [-0.1, -0.05) is 6.07 Å². The van der Waals surface area contributed by atoms with Crippen LogP contribution in [0.5, 0.6) is 5.88 Å². The number of carbonyl (C=O) groups excluding carboxylic acids is 1. The number of nitrogens with zero attached hydrogens (tertiary/aromatic N) is 3. The third-order valence-corrected chi connectivity index (χ3v) is 4.23. The topological polar surface area (TPSA) is 55.3 Å². The molecule has 2 heterocycles. The minimum Gasteiger partial charge on any atom is -0.473 e. The first kappa shape index (κ1) is 18.2. The summed E-state index contributed by atoms with van der Waals surface area (Å²) in [6.45, 7) is 2.66. The van der Waals surface area contributed by atoms with E-state index in [0.29, 0.717) is 31.8 Å². The molecule has 0 radical (unpaired) electrons. The van der Waals surface area contributed by atoms with Crippen molar-refractivity contribution in [1.29, 1.82) is 0 Å². The molecule has 1 saturated heterocycles. The number of aryl methyl sites for hydroxylation is 1. The molecule has 1 aliphatic heterocycles. The molecule has 1 aromatic heterocycles. The second-order valence-corrected chi connectivity index (χ2v) is 6.20. The van der Waals surface area contributed by atoms with Crippen LogP contribution < -0.4 is 4.74 Å². The van der Waals surface area contributed by atoms with E-state index in [1.54, 1.807) is 17.0 Å². The molecule has 0 atom stereocenters. The Balaban J connectivity index is 1.59. The van der Waals surface area contributed by atoms with E-state index in [4.69, 9.17) is 4.74 Å². The van der Waals surface area contributed by atoms with Crippen LogP contribution in [0.25, 0.3) is 0 Å². The Bertz CT molecular complexity index is 770. The molecule has 2 aromatic rings. The maximum atomic E-state index is 12.8. The molecule has 0 unspecified atom stereocenters. The largest absolute Gasteiger partial charge is 0.473 e. The van der Waals surface area contributed by atoms with E-state index >= 15 is 0 Å². The van der Waals surface area contributed by atoms with Gasteiger partial charge in [-0.3, -0.25) is 4.79 Å². The van der Waals surface area contributed by atoms with Crippen molar-refractivity contribution in [2.75, 3.05) is 13.1 Å². The summed E-state index contributed by atoms with van der Waals surface area (Å²) >= 11 is 0. The van der Waals surface area contributed by atoms with Crippen LogP contribution in [0.4, 0.5) is 13.2 Å². The predicted octanol–water partition coefficient (Wildman–Crippen LogP) is 3.49. The van der Waals surface area contributed by atoms with Crippen molar-refractivity contribution in [1.82, 2.24) is 15.1 Å². The Morgan fingerprint density at radius 1 is 1.15 bits per heavy atom. The van der Waals surface area contributed by atoms with Gasteiger partial charge in [-0.25, -0.2) is 0 Å². The molecule has 5 nitrogen and oxygen atoms in total. The number of hydrogen-bond acceptors (Lipinski definition) is 4. The minimum absolute atomic E-state index is 0.0450. The number of carbonyl (C=O) groups is 1. The van der Waals surface area contributed by atoms with Crippen molar-refractivity contribution in [3.8, 4) is 5.88 Å². The summed E-state index contributed by atoms with van der Waals surface area (Å²) in [5.41, 5.74) is 0.0157. The molecule has 1 amide bonds. The van der Waals surface area contributed by atoms with Crippen molar-refractivity contribution in [3.05, 3.63) is 53.2 Å². The second-order valence-electron chi connectivity index (χ2n) is 6.20. The number of hydrogen-bond donors (Lipinski definition) is 0. The van der Waals surface area contributed by atoms with E-state index in [-0.39, 0.29) is 11.7 Å². The molecule has 1 aliphatic rings. The zero-order valence-electron chi connectivity index (χ0n) is 14.2. The summed E-state index contributed by atoms with van der Waals surface area (Å²) in [7, 11) is 0. The van der Waals surface area contributed by atoms with Gasteiger partial charge in [0.2, 0.25) is 5.88 Å². The molecule has 8 heteroatoms. The van der Waals surface area contributed by atoms with Gasteiger partial charge in [0.1, 0.15) is 6.10 Å². The van der Waals surface area contributed by atoms with E-state index in [1.807, 2.05) is 6.92 Å². The number of rotatable bonds is 3. The number of halogens is 3. The Labute approximate surface area is 148 Å². The fraction of sp³-hybridized carbons (Fsp3) is 0.389. The molecular formula is C18H18F3N3O2. The van der Waals surface area contributed by atoms with Crippen LogP contribution in [0.1, 0.15) is 34.5 Å². The molecule has 138 valence electrons. The number of ether oxygens (including phenoxy) is 1. The highest BCUT2D eigenvalue weighted by molar-refractivity contribution is 5.94. The molecular weight excluding hydrogens is 347 g/mol. The zero-order valence-corrected chi connectivity index (χ0v) is 14.2. The van der Waals surface area contributed by atoms with Crippen molar-refractivity contribution in [2.45, 2.75) is 32.0 Å². The van der Waals surface area contributed by atoms with Crippen LogP contribution >= 0.6 is 0 Å². The van der Waals surface area contributed by atoms with Gasteiger partial charge in [-0.05, 0) is 31.2 Å². The normalized spacial score (nSPS) is 15.8. The van der Waals surface area contributed by atoms with Crippen molar-refractivity contribution in [2.24, 2.45) is 0 Å². The Hall–Kier alpha value is -2.64. The third-order valence-electron chi connectivity index (χ3n) is 4.23. The van der Waals surface area contributed by atoms with Crippen LogP contribution in [0, 0.1) is 6.92 Å². The van der Waals surface area contributed by atoms with Crippen LogP contribution in [-0.4, -0.2) is 40.2 Å². The average molecular weight is 365 g/mol. The van der Waals surface area contributed by atoms with E-state index in [1.165, 1.54) is 12.1 Å².